The number of carboxylic acids is 1. The Balaban J connectivity index is 2.33. The maximum absolute atomic E-state index is 12.8. The molecular weight excluding hydrogens is 314 g/mol. The topological polar surface area (TPSA) is 74.7 Å². The van der Waals surface area contributed by atoms with Crippen LogP contribution in [0.3, 0.4) is 0 Å². The second-order valence-corrected chi connectivity index (χ2v) is 6.61. The van der Waals surface area contributed by atoms with Crippen LogP contribution in [-0.4, -0.2) is 26.0 Å². The van der Waals surface area contributed by atoms with Gasteiger partial charge in [-0.15, -0.1) is 0 Å². The maximum atomic E-state index is 12.8. The number of hydrogen-bond donors (Lipinski definition) is 1. The fraction of sp³-hybridized carbons (Fsp3) is 0.118. The Morgan fingerprint density at radius 1 is 1.09 bits per heavy atom. The standard InChI is InChI=1S/C17H17NO4S/c1-2-18(15-6-4-3-5-7-15)23(21,22)16-11-8-14(9-12-16)10-13-17(19)20/h3-13H,2H2,1H3,(H,19,20)/b13-10+. The lowest BCUT2D eigenvalue weighted by Gasteiger charge is -2.22. The number of carboxylic acid groups (broad SMARTS) is 1. The number of para-hydroxylation sites is 1. The largest absolute Gasteiger partial charge is 0.478 e. The normalized spacial score (nSPS) is 11.5. The van der Waals surface area contributed by atoms with E-state index in [1.54, 1.807) is 43.3 Å². The third kappa shape index (κ3) is 3.98. The first kappa shape index (κ1) is 16.8. The molecule has 5 nitrogen and oxygen atoms in total. The Morgan fingerprint density at radius 2 is 1.70 bits per heavy atom. The van der Waals surface area contributed by atoms with Crippen LogP contribution in [-0.2, 0) is 14.8 Å². The molecule has 120 valence electrons. The van der Waals surface area contributed by atoms with Crippen molar-refractivity contribution in [2.45, 2.75) is 11.8 Å². The van der Waals surface area contributed by atoms with Gasteiger partial charge >= 0.3 is 5.97 Å². The molecule has 0 fully saturated rings. The van der Waals surface area contributed by atoms with Crippen molar-refractivity contribution in [2.75, 3.05) is 10.8 Å². The smallest absolute Gasteiger partial charge is 0.328 e. The van der Waals surface area contributed by atoms with E-state index >= 15 is 0 Å². The quantitative estimate of drug-likeness (QED) is 0.826. The SMILES string of the molecule is CCN(c1ccccc1)S(=O)(=O)c1ccc(/C=C/C(=O)O)cc1. The Labute approximate surface area is 135 Å². The van der Waals surface area contributed by atoms with Gasteiger partial charge in [-0.25, -0.2) is 13.2 Å². The summed E-state index contributed by atoms with van der Waals surface area (Å²) < 4.78 is 26.8. The van der Waals surface area contributed by atoms with Crippen LogP contribution < -0.4 is 4.31 Å². The zero-order valence-corrected chi connectivity index (χ0v) is 13.4. The van der Waals surface area contributed by atoms with Gasteiger partial charge < -0.3 is 5.11 Å². The summed E-state index contributed by atoms with van der Waals surface area (Å²) in [6.07, 6.45) is 2.42. The molecule has 1 N–H and O–H groups in total. The molecule has 0 unspecified atom stereocenters. The molecule has 0 saturated heterocycles. The number of benzene rings is 2. The van der Waals surface area contributed by atoms with E-state index in [4.69, 9.17) is 5.11 Å². The Kier molecular flexibility index (Phi) is 5.18. The summed E-state index contributed by atoms with van der Waals surface area (Å²) in [5.41, 5.74) is 1.22. The number of carbonyl (C=O) groups is 1. The van der Waals surface area contributed by atoms with Crippen molar-refractivity contribution < 1.29 is 18.3 Å². The van der Waals surface area contributed by atoms with Gasteiger partial charge in [-0.3, -0.25) is 4.31 Å². The van der Waals surface area contributed by atoms with Crippen LogP contribution >= 0.6 is 0 Å². The van der Waals surface area contributed by atoms with Crippen LogP contribution in [0.1, 0.15) is 12.5 Å². The van der Waals surface area contributed by atoms with Crippen LogP contribution in [0.25, 0.3) is 6.08 Å². The predicted molar refractivity (Wildman–Crippen MR) is 89.8 cm³/mol. The highest BCUT2D eigenvalue weighted by atomic mass is 32.2. The third-order valence-corrected chi connectivity index (χ3v) is 5.14. The zero-order chi connectivity index (χ0) is 16.9. The molecular formula is C17H17NO4S. The highest BCUT2D eigenvalue weighted by Crippen LogP contribution is 2.23. The molecule has 0 heterocycles. The van der Waals surface area contributed by atoms with Gasteiger partial charge in [0.2, 0.25) is 0 Å². The molecule has 0 saturated carbocycles. The number of anilines is 1. The molecule has 2 rings (SSSR count). The second-order valence-electron chi connectivity index (χ2n) is 4.75. The Morgan fingerprint density at radius 3 is 2.22 bits per heavy atom. The molecule has 0 aliphatic heterocycles. The van der Waals surface area contributed by atoms with Crippen molar-refractivity contribution in [3.05, 3.63) is 66.2 Å². The lowest BCUT2D eigenvalue weighted by atomic mass is 10.2. The highest BCUT2D eigenvalue weighted by Gasteiger charge is 2.23. The molecule has 0 radical (unpaired) electrons. The summed E-state index contributed by atoms with van der Waals surface area (Å²) in [4.78, 5) is 10.7. The average molecular weight is 331 g/mol. The van der Waals surface area contributed by atoms with Gasteiger partial charge in [0.05, 0.1) is 10.6 Å². The first-order valence-electron chi connectivity index (χ1n) is 7.04. The molecule has 0 spiro atoms. The highest BCUT2D eigenvalue weighted by molar-refractivity contribution is 7.92. The van der Waals surface area contributed by atoms with Crippen molar-refractivity contribution >= 4 is 27.8 Å². The molecule has 0 amide bonds. The summed E-state index contributed by atoms with van der Waals surface area (Å²) in [5.74, 6) is -1.05. The van der Waals surface area contributed by atoms with Crippen molar-refractivity contribution in [3.63, 3.8) is 0 Å². The molecule has 0 aliphatic rings. The fourth-order valence-corrected chi connectivity index (χ4v) is 3.60. The van der Waals surface area contributed by atoms with Crippen molar-refractivity contribution in [3.8, 4) is 0 Å². The summed E-state index contributed by atoms with van der Waals surface area (Å²) in [6.45, 7) is 2.08. The van der Waals surface area contributed by atoms with E-state index in [2.05, 4.69) is 0 Å². The molecule has 2 aromatic carbocycles. The molecule has 0 aliphatic carbocycles. The number of hydrogen-bond acceptors (Lipinski definition) is 3. The Hall–Kier alpha value is -2.60. The third-order valence-electron chi connectivity index (χ3n) is 3.22. The summed E-state index contributed by atoms with van der Waals surface area (Å²) >= 11 is 0. The molecule has 23 heavy (non-hydrogen) atoms. The number of rotatable bonds is 6. The molecule has 2 aromatic rings. The molecule has 6 heteroatoms. The van der Waals surface area contributed by atoms with Gasteiger partial charge in [-0.1, -0.05) is 30.3 Å². The minimum absolute atomic E-state index is 0.163. The van der Waals surface area contributed by atoms with Crippen LogP contribution in [0.4, 0.5) is 5.69 Å². The van der Waals surface area contributed by atoms with Crippen molar-refractivity contribution in [1.82, 2.24) is 0 Å². The van der Waals surface area contributed by atoms with E-state index in [0.717, 1.165) is 6.08 Å². The first-order chi connectivity index (χ1) is 10.9. The van der Waals surface area contributed by atoms with E-state index in [9.17, 15) is 13.2 Å². The summed E-state index contributed by atoms with van der Waals surface area (Å²) in [5, 5.41) is 8.60. The van der Waals surface area contributed by atoms with E-state index < -0.39 is 16.0 Å². The van der Waals surface area contributed by atoms with Crippen molar-refractivity contribution in [2.24, 2.45) is 0 Å². The second kappa shape index (κ2) is 7.11. The van der Waals surface area contributed by atoms with E-state index in [0.29, 0.717) is 17.8 Å². The number of sulfonamides is 1. The predicted octanol–water partition coefficient (Wildman–Crippen LogP) is 3.00. The van der Waals surface area contributed by atoms with E-state index in [1.165, 1.54) is 22.5 Å². The first-order valence-corrected chi connectivity index (χ1v) is 8.48. The summed E-state index contributed by atoms with van der Waals surface area (Å²) in [7, 11) is -3.66. The average Bonchev–Trinajstić information content (AvgIpc) is 2.55. The maximum Gasteiger partial charge on any atom is 0.328 e. The molecule has 0 aromatic heterocycles. The van der Waals surface area contributed by atoms with Gasteiger partial charge in [-0.2, -0.15) is 0 Å². The van der Waals surface area contributed by atoms with Gasteiger partial charge in [0, 0.05) is 12.6 Å². The number of aliphatic carboxylic acids is 1. The van der Waals surface area contributed by atoms with E-state index in [-0.39, 0.29) is 4.90 Å². The zero-order valence-electron chi connectivity index (χ0n) is 12.6. The minimum atomic E-state index is -3.66. The minimum Gasteiger partial charge on any atom is -0.478 e. The lowest BCUT2D eigenvalue weighted by molar-refractivity contribution is -0.131. The van der Waals surface area contributed by atoms with Gasteiger partial charge in [-0.05, 0) is 42.8 Å². The molecule has 0 bridgehead atoms. The van der Waals surface area contributed by atoms with Crippen molar-refractivity contribution in [1.29, 1.82) is 0 Å². The van der Waals surface area contributed by atoms with Gasteiger partial charge in [0.1, 0.15) is 0 Å². The molecule has 0 atom stereocenters. The van der Waals surface area contributed by atoms with Crippen LogP contribution in [0.15, 0.2) is 65.6 Å². The number of nitrogens with zero attached hydrogens (tertiary/aromatic N) is 1. The fourth-order valence-electron chi connectivity index (χ4n) is 2.13. The van der Waals surface area contributed by atoms with Gasteiger partial charge in [0.25, 0.3) is 10.0 Å². The van der Waals surface area contributed by atoms with Crippen LogP contribution in [0.2, 0.25) is 0 Å². The summed E-state index contributed by atoms with van der Waals surface area (Å²) in [6, 6.07) is 15.0. The monoisotopic (exact) mass is 331 g/mol. The van der Waals surface area contributed by atoms with Crippen LogP contribution in [0.5, 0.6) is 0 Å². The van der Waals surface area contributed by atoms with Gasteiger partial charge in [0.15, 0.2) is 0 Å². The Bertz CT molecular complexity index is 796. The van der Waals surface area contributed by atoms with E-state index in [1.807, 2.05) is 6.07 Å². The van der Waals surface area contributed by atoms with Crippen LogP contribution in [0, 0.1) is 0 Å². The lowest BCUT2D eigenvalue weighted by Crippen LogP contribution is -2.30.